The lowest BCUT2D eigenvalue weighted by Crippen LogP contribution is -2.24. The van der Waals surface area contributed by atoms with Gasteiger partial charge in [0.05, 0.1) is 0 Å². The summed E-state index contributed by atoms with van der Waals surface area (Å²) in [5.74, 6) is 0.750. The summed E-state index contributed by atoms with van der Waals surface area (Å²) >= 11 is 0. The van der Waals surface area contributed by atoms with Crippen molar-refractivity contribution >= 4 is 6.41 Å². The highest BCUT2D eigenvalue weighted by Crippen LogP contribution is 2.04. The Morgan fingerprint density at radius 3 is 2.42 bits per heavy atom. The molecule has 0 aliphatic carbocycles. The van der Waals surface area contributed by atoms with Crippen LogP contribution in [0.5, 0.6) is 0 Å². The first kappa shape index (κ1) is 11.5. The van der Waals surface area contributed by atoms with Gasteiger partial charge in [-0.1, -0.05) is 20.8 Å². The molecule has 1 amide bonds. The summed E-state index contributed by atoms with van der Waals surface area (Å²) in [6.07, 6.45) is 4.37. The number of hydrogen-bond acceptors (Lipinski definition) is 1. The van der Waals surface area contributed by atoms with Crippen molar-refractivity contribution in [3.05, 3.63) is 0 Å². The number of amides is 1. The van der Waals surface area contributed by atoms with E-state index in [1.807, 2.05) is 4.90 Å². The highest BCUT2D eigenvalue weighted by atomic mass is 16.1. The molecule has 0 atom stereocenters. The fourth-order valence-electron chi connectivity index (χ4n) is 1.21. The summed E-state index contributed by atoms with van der Waals surface area (Å²) in [4.78, 5) is 12.4. The van der Waals surface area contributed by atoms with Gasteiger partial charge in [0, 0.05) is 13.1 Å². The second-order valence-corrected chi connectivity index (χ2v) is 3.68. The number of nitrogens with zero attached hydrogens (tertiary/aromatic N) is 1. The smallest absolute Gasteiger partial charge is 0.209 e. The van der Waals surface area contributed by atoms with Crippen molar-refractivity contribution in [2.75, 3.05) is 13.1 Å². The van der Waals surface area contributed by atoms with Gasteiger partial charge >= 0.3 is 0 Å². The largest absolute Gasteiger partial charge is 0.345 e. The molecule has 12 heavy (non-hydrogen) atoms. The number of rotatable bonds is 7. The lowest BCUT2D eigenvalue weighted by molar-refractivity contribution is -0.118. The summed E-state index contributed by atoms with van der Waals surface area (Å²) in [7, 11) is 0. The maximum atomic E-state index is 10.5. The highest BCUT2D eigenvalue weighted by molar-refractivity contribution is 5.46. The average Bonchev–Trinajstić information content (AvgIpc) is 2.02. The topological polar surface area (TPSA) is 20.3 Å². The van der Waals surface area contributed by atoms with Gasteiger partial charge in [-0.15, -0.1) is 0 Å². The molecular weight excluding hydrogens is 150 g/mol. The standard InChI is InChI=1S/C10H21NO/c1-4-7-11(9-12)8-5-6-10(2)3/h9-10H,4-8H2,1-3H3. The Morgan fingerprint density at radius 2 is 2.00 bits per heavy atom. The van der Waals surface area contributed by atoms with Crippen LogP contribution in [0.2, 0.25) is 0 Å². The van der Waals surface area contributed by atoms with Gasteiger partial charge in [0.1, 0.15) is 0 Å². The van der Waals surface area contributed by atoms with Crippen LogP contribution in [0.1, 0.15) is 40.0 Å². The fourth-order valence-corrected chi connectivity index (χ4v) is 1.21. The number of carbonyl (C=O) groups excluding carboxylic acids is 1. The van der Waals surface area contributed by atoms with Crippen LogP contribution in [-0.4, -0.2) is 24.4 Å². The third-order valence-electron chi connectivity index (χ3n) is 1.89. The molecule has 0 aliphatic rings. The third-order valence-corrected chi connectivity index (χ3v) is 1.89. The predicted molar refractivity (Wildman–Crippen MR) is 52.0 cm³/mol. The van der Waals surface area contributed by atoms with Crippen molar-refractivity contribution in [3.63, 3.8) is 0 Å². The summed E-state index contributed by atoms with van der Waals surface area (Å²) in [6, 6.07) is 0. The first-order chi connectivity index (χ1) is 5.70. The van der Waals surface area contributed by atoms with Crippen LogP contribution in [0, 0.1) is 5.92 Å². The maximum Gasteiger partial charge on any atom is 0.209 e. The normalized spacial score (nSPS) is 10.3. The Labute approximate surface area is 75.9 Å². The Kier molecular flexibility index (Phi) is 6.82. The highest BCUT2D eigenvalue weighted by Gasteiger charge is 2.00. The van der Waals surface area contributed by atoms with Gasteiger partial charge in [-0.2, -0.15) is 0 Å². The molecule has 2 heteroatoms. The second kappa shape index (κ2) is 7.14. The van der Waals surface area contributed by atoms with Crippen LogP contribution in [0.4, 0.5) is 0 Å². The van der Waals surface area contributed by atoms with Crippen LogP contribution >= 0.6 is 0 Å². The van der Waals surface area contributed by atoms with Gasteiger partial charge in [0.2, 0.25) is 6.41 Å². The van der Waals surface area contributed by atoms with E-state index in [-0.39, 0.29) is 0 Å². The molecule has 0 saturated heterocycles. The van der Waals surface area contributed by atoms with E-state index in [0.717, 1.165) is 38.3 Å². The average molecular weight is 171 g/mol. The minimum atomic E-state index is 0.750. The van der Waals surface area contributed by atoms with E-state index in [9.17, 15) is 4.79 Å². The summed E-state index contributed by atoms with van der Waals surface area (Å²) in [5.41, 5.74) is 0. The van der Waals surface area contributed by atoms with Crippen LogP contribution in [0.25, 0.3) is 0 Å². The van der Waals surface area contributed by atoms with Crippen molar-refractivity contribution in [2.24, 2.45) is 5.92 Å². The van der Waals surface area contributed by atoms with Crippen LogP contribution < -0.4 is 0 Å². The van der Waals surface area contributed by atoms with Crippen molar-refractivity contribution in [2.45, 2.75) is 40.0 Å². The minimum absolute atomic E-state index is 0.750. The Morgan fingerprint density at radius 1 is 1.33 bits per heavy atom. The van der Waals surface area contributed by atoms with Crippen molar-refractivity contribution in [3.8, 4) is 0 Å². The zero-order chi connectivity index (χ0) is 9.40. The van der Waals surface area contributed by atoms with Gasteiger partial charge in [0.15, 0.2) is 0 Å². The zero-order valence-corrected chi connectivity index (χ0v) is 8.55. The van der Waals surface area contributed by atoms with Crippen LogP contribution in [0.3, 0.4) is 0 Å². The zero-order valence-electron chi connectivity index (χ0n) is 8.55. The summed E-state index contributed by atoms with van der Waals surface area (Å²) < 4.78 is 0. The first-order valence-corrected chi connectivity index (χ1v) is 4.90. The van der Waals surface area contributed by atoms with Crippen molar-refractivity contribution < 1.29 is 4.79 Å². The predicted octanol–water partition coefficient (Wildman–Crippen LogP) is 2.29. The molecule has 0 saturated carbocycles. The fraction of sp³-hybridized carbons (Fsp3) is 0.900. The minimum Gasteiger partial charge on any atom is -0.345 e. The monoisotopic (exact) mass is 171 g/mol. The Balaban J connectivity index is 3.37. The van der Waals surface area contributed by atoms with Crippen LogP contribution in [-0.2, 0) is 4.79 Å². The van der Waals surface area contributed by atoms with Gasteiger partial charge in [-0.25, -0.2) is 0 Å². The summed E-state index contributed by atoms with van der Waals surface area (Å²) in [5, 5.41) is 0. The van der Waals surface area contributed by atoms with E-state index in [2.05, 4.69) is 20.8 Å². The van der Waals surface area contributed by atoms with E-state index in [1.165, 1.54) is 6.42 Å². The second-order valence-electron chi connectivity index (χ2n) is 3.68. The maximum absolute atomic E-state index is 10.5. The molecule has 0 spiro atoms. The lowest BCUT2D eigenvalue weighted by atomic mass is 10.1. The molecule has 0 heterocycles. The lowest BCUT2D eigenvalue weighted by Gasteiger charge is -2.16. The van der Waals surface area contributed by atoms with Gasteiger partial charge < -0.3 is 4.90 Å². The molecule has 0 aromatic rings. The van der Waals surface area contributed by atoms with E-state index in [4.69, 9.17) is 0 Å². The molecule has 0 unspecified atom stereocenters. The molecule has 72 valence electrons. The van der Waals surface area contributed by atoms with Gasteiger partial charge in [0.25, 0.3) is 0 Å². The quantitative estimate of drug-likeness (QED) is 0.538. The molecule has 0 radical (unpaired) electrons. The third kappa shape index (κ3) is 6.20. The van der Waals surface area contributed by atoms with Crippen molar-refractivity contribution in [1.82, 2.24) is 4.90 Å². The molecule has 0 aliphatic heterocycles. The van der Waals surface area contributed by atoms with E-state index >= 15 is 0 Å². The molecule has 2 nitrogen and oxygen atoms in total. The first-order valence-electron chi connectivity index (χ1n) is 4.90. The molecule has 0 aromatic carbocycles. The van der Waals surface area contributed by atoms with Crippen molar-refractivity contribution in [1.29, 1.82) is 0 Å². The van der Waals surface area contributed by atoms with Gasteiger partial charge in [-0.3, -0.25) is 4.79 Å². The SMILES string of the molecule is CCCN(C=O)CCCC(C)C. The molecule has 0 aromatic heterocycles. The summed E-state index contributed by atoms with van der Waals surface area (Å²) in [6.45, 7) is 8.35. The number of hydrogen-bond donors (Lipinski definition) is 0. The van der Waals surface area contributed by atoms with E-state index in [1.54, 1.807) is 0 Å². The van der Waals surface area contributed by atoms with Gasteiger partial charge in [-0.05, 0) is 25.2 Å². The van der Waals surface area contributed by atoms with E-state index in [0.29, 0.717) is 0 Å². The molecule has 0 rings (SSSR count). The molecular formula is C10H21NO. The molecule has 0 bridgehead atoms. The Hall–Kier alpha value is -0.530. The van der Waals surface area contributed by atoms with E-state index < -0.39 is 0 Å². The number of carbonyl (C=O) groups is 1. The Bertz CT molecular complexity index is 112. The van der Waals surface area contributed by atoms with Crippen LogP contribution in [0.15, 0.2) is 0 Å². The molecule has 0 N–H and O–H groups in total. The molecule has 0 fully saturated rings.